The molecule has 1 aliphatic heterocycles. The molecule has 1 aliphatic rings. The molecule has 0 saturated carbocycles. The molecule has 0 unspecified atom stereocenters. The molecule has 0 atom stereocenters. The molecule has 1 heterocycles. The largest absolute Gasteiger partial charge is 0.360 e. The lowest BCUT2D eigenvalue weighted by Gasteiger charge is -2.33. The second-order valence-electron chi connectivity index (χ2n) is 6.69. The first kappa shape index (κ1) is 19.7. The highest BCUT2D eigenvalue weighted by molar-refractivity contribution is 6.36. The number of benzene rings is 2. The van der Waals surface area contributed by atoms with Gasteiger partial charge in [-0.05, 0) is 49.4 Å². The zero-order chi connectivity index (χ0) is 19.4. The molecular formula is C20H22Cl2N3O2+. The summed E-state index contributed by atoms with van der Waals surface area (Å²) < 4.78 is 0. The maximum Gasteiger partial charge on any atom is 0.279 e. The average molecular weight is 407 g/mol. The van der Waals surface area contributed by atoms with Crippen LogP contribution >= 0.6 is 23.2 Å². The quantitative estimate of drug-likeness (QED) is 0.750. The van der Waals surface area contributed by atoms with Crippen LogP contribution in [0.25, 0.3) is 0 Å². The van der Waals surface area contributed by atoms with Gasteiger partial charge in [-0.2, -0.15) is 0 Å². The van der Waals surface area contributed by atoms with Gasteiger partial charge in [-0.25, -0.2) is 0 Å². The van der Waals surface area contributed by atoms with Crippen LogP contribution in [0.3, 0.4) is 0 Å². The number of hydrogen-bond donors (Lipinski definition) is 2. The van der Waals surface area contributed by atoms with Crippen LogP contribution in [0, 0.1) is 0 Å². The molecule has 1 amide bonds. The van der Waals surface area contributed by atoms with Crippen LogP contribution in [-0.2, 0) is 4.79 Å². The molecule has 5 nitrogen and oxygen atoms in total. The second-order valence-corrected chi connectivity index (χ2v) is 7.53. The standard InChI is InChI=1S/C20H21Cl2N3O2/c1-14(26)15-2-5-17(6-3-15)25-10-8-24(9-11-25)13-20(27)23-19-7-4-16(21)12-18(19)22/h2-7,12H,8-11,13H2,1H3,(H,23,27)/p+1. The van der Waals surface area contributed by atoms with E-state index in [4.69, 9.17) is 23.2 Å². The molecule has 142 valence electrons. The number of carbonyl (C=O) groups excluding carboxylic acids is 2. The maximum atomic E-state index is 12.3. The van der Waals surface area contributed by atoms with Gasteiger partial charge >= 0.3 is 0 Å². The molecule has 2 N–H and O–H groups in total. The summed E-state index contributed by atoms with van der Waals surface area (Å²) in [5, 5.41) is 3.82. The van der Waals surface area contributed by atoms with Gasteiger partial charge in [0.25, 0.3) is 5.91 Å². The van der Waals surface area contributed by atoms with E-state index in [1.807, 2.05) is 24.3 Å². The molecule has 3 rings (SSSR count). The number of ketones is 1. The van der Waals surface area contributed by atoms with Gasteiger partial charge in [0.2, 0.25) is 0 Å². The Balaban J connectivity index is 1.50. The lowest BCUT2D eigenvalue weighted by Crippen LogP contribution is -3.15. The molecule has 0 aromatic heterocycles. The van der Waals surface area contributed by atoms with Gasteiger partial charge in [0.15, 0.2) is 12.3 Å². The summed E-state index contributed by atoms with van der Waals surface area (Å²) in [7, 11) is 0. The van der Waals surface area contributed by atoms with E-state index in [-0.39, 0.29) is 11.7 Å². The van der Waals surface area contributed by atoms with Crippen LogP contribution in [-0.4, -0.2) is 44.4 Å². The van der Waals surface area contributed by atoms with Crippen LogP contribution in [0.1, 0.15) is 17.3 Å². The number of amides is 1. The number of hydrogen-bond acceptors (Lipinski definition) is 3. The van der Waals surface area contributed by atoms with Crippen molar-refractivity contribution in [1.82, 2.24) is 0 Å². The normalized spacial score (nSPS) is 14.9. The highest BCUT2D eigenvalue weighted by atomic mass is 35.5. The van der Waals surface area contributed by atoms with Crippen molar-refractivity contribution in [2.45, 2.75) is 6.92 Å². The molecule has 0 bridgehead atoms. The van der Waals surface area contributed by atoms with Crippen molar-refractivity contribution in [2.24, 2.45) is 0 Å². The Hall–Kier alpha value is -2.08. The van der Waals surface area contributed by atoms with Crippen molar-refractivity contribution in [3.05, 3.63) is 58.1 Å². The minimum Gasteiger partial charge on any atom is -0.360 e. The molecule has 0 radical (unpaired) electrons. The van der Waals surface area contributed by atoms with Crippen molar-refractivity contribution in [3.8, 4) is 0 Å². The third-order valence-corrected chi connectivity index (χ3v) is 5.27. The summed E-state index contributed by atoms with van der Waals surface area (Å²) >= 11 is 12.0. The Morgan fingerprint density at radius 2 is 1.74 bits per heavy atom. The van der Waals surface area contributed by atoms with E-state index in [1.54, 1.807) is 25.1 Å². The zero-order valence-electron chi connectivity index (χ0n) is 15.1. The summed E-state index contributed by atoms with van der Waals surface area (Å²) in [6.45, 7) is 5.44. The summed E-state index contributed by atoms with van der Waals surface area (Å²) in [4.78, 5) is 27.2. The highest BCUT2D eigenvalue weighted by Crippen LogP contribution is 2.25. The number of nitrogens with one attached hydrogen (secondary N) is 2. The number of rotatable bonds is 5. The minimum atomic E-state index is -0.0616. The van der Waals surface area contributed by atoms with Gasteiger partial charge in [-0.3, -0.25) is 9.59 Å². The number of carbonyl (C=O) groups is 2. The first-order valence-electron chi connectivity index (χ1n) is 8.87. The van der Waals surface area contributed by atoms with Gasteiger partial charge in [-0.15, -0.1) is 0 Å². The van der Waals surface area contributed by atoms with Gasteiger partial charge in [-0.1, -0.05) is 23.2 Å². The predicted molar refractivity (Wildman–Crippen MR) is 109 cm³/mol. The van der Waals surface area contributed by atoms with Gasteiger partial charge in [0.1, 0.15) is 0 Å². The van der Waals surface area contributed by atoms with Gasteiger partial charge < -0.3 is 15.1 Å². The monoisotopic (exact) mass is 406 g/mol. The Morgan fingerprint density at radius 1 is 1.07 bits per heavy atom. The summed E-state index contributed by atoms with van der Waals surface area (Å²) in [5.41, 5.74) is 2.41. The fourth-order valence-corrected chi connectivity index (χ4v) is 3.63. The van der Waals surface area contributed by atoms with Crippen LogP contribution in [0.15, 0.2) is 42.5 Å². The molecule has 0 aliphatic carbocycles. The van der Waals surface area contributed by atoms with Crippen molar-refractivity contribution in [3.63, 3.8) is 0 Å². The molecule has 7 heteroatoms. The topological polar surface area (TPSA) is 53.9 Å². The first-order chi connectivity index (χ1) is 12.9. The molecule has 1 fully saturated rings. The highest BCUT2D eigenvalue weighted by Gasteiger charge is 2.22. The van der Waals surface area contributed by atoms with Crippen molar-refractivity contribution < 1.29 is 14.5 Å². The smallest absolute Gasteiger partial charge is 0.279 e. The third kappa shape index (κ3) is 5.22. The summed E-state index contributed by atoms with van der Waals surface area (Å²) in [6.07, 6.45) is 0. The minimum absolute atomic E-state index is 0.0616. The fraction of sp³-hybridized carbons (Fsp3) is 0.300. The Bertz CT molecular complexity index is 832. The molecular weight excluding hydrogens is 385 g/mol. The van der Waals surface area contributed by atoms with Crippen LogP contribution < -0.4 is 15.1 Å². The average Bonchev–Trinajstić information content (AvgIpc) is 2.65. The van der Waals surface area contributed by atoms with E-state index < -0.39 is 0 Å². The lowest BCUT2D eigenvalue weighted by atomic mass is 10.1. The molecule has 1 saturated heterocycles. The van der Waals surface area contributed by atoms with E-state index >= 15 is 0 Å². The number of quaternary nitrogens is 1. The lowest BCUT2D eigenvalue weighted by molar-refractivity contribution is -0.892. The van der Waals surface area contributed by atoms with Crippen LogP contribution in [0.4, 0.5) is 11.4 Å². The fourth-order valence-electron chi connectivity index (χ4n) is 3.18. The van der Waals surface area contributed by atoms with Crippen LogP contribution in [0.2, 0.25) is 10.0 Å². The predicted octanol–water partition coefficient (Wildman–Crippen LogP) is 2.54. The Kier molecular flexibility index (Phi) is 6.37. The van der Waals surface area contributed by atoms with E-state index in [1.165, 1.54) is 4.90 Å². The molecule has 0 spiro atoms. The third-order valence-electron chi connectivity index (χ3n) is 4.73. The Labute approximate surface area is 168 Å². The van der Waals surface area contributed by atoms with Crippen molar-refractivity contribution >= 4 is 46.3 Å². The van der Waals surface area contributed by atoms with E-state index in [2.05, 4.69) is 10.2 Å². The first-order valence-corrected chi connectivity index (χ1v) is 9.62. The zero-order valence-corrected chi connectivity index (χ0v) is 16.6. The molecule has 2 aromatic rings. The number of anilines is 2. The molecule has 2 aromatic carbocycles. The van der Waals surface area contributed by atoms with Gasteiger partial charge in [0, 0.05) is 16.3 Å². The van der Waals surface area contributed by atoms with Crippen molar-refractivity contribution in [2.75, 3.05) is 42.9 Å². The number of nitrogens with zero attached hydrogens (tertiary/aromatic N) is 1. The summed E-state index contributed by atoms with van der Waals surface area (Å²) in [6, 6.07) is 12.7. The SMILES string of the molecule is CC(=O)c1ccc(N2CC[NH+](CC(=O)Nc3ccc(Cl)cc3Cl)CC2)cc1. The number of Topliss-reactive ketones (excluding diaryl/α,β-unsaturated/α-hetero) is 1. The maximum absolute atomic E-state index is 12.3. The number of piperazine rings is 1. The van der Waals surface area contributed by atoms with E-state index in [0.717, 1.165) is 37.4 Å². The van der Waals surface area contributed by atoms with E-state index in [0.29, 0.717) is 22.3 Å². The van der Waals surface area contributed by atoms with Crippen LogP contribution in [0.5, 0.6) is 0 Å². The van der Waals surface area contributed by atoms with Crippen molar-refractivity contribution in [1.29, 1.82) is 0 Å². The number of halogens is 2. The van der Waals surface area contributed by atoms with E-state index in [9.17, 15) is 9.59 Å². The van der Waals surface area contributed by atoms with Gasteiger partial charge in [0.05, 0.1) is 36.9 Å². The Morgan fingerprint density at radius 3 is 2.33 bits per heavy atom. The summed E-state index contributed by atoms with van der Waals surface area (Å²) in [5.74, 6) is 0.0103. The second kappa shape index (κ2) is 8.74. The molecule has 27 heavy (non-hydrogen) atoms.